The highest BCUT2D eigenvalue weighted by Gasteiger charge is 2.20. The summed E-state index contributed by atoms with van der Waals surface area (Å²) in [5.41, 5.74) is 1.44. The van der Waals surface area contributed by atoms with E-state index in [1.165, 1.54) is 12.1 Å². The first-order valence-corrected chi connectivity index (χ1v) is 9.09. The van der Waals surface area contributed by atoms with Gasteiger partial charge in [0, 0.05) is 58.4 Å². The summed E-state index contributed by atoms with van der Waals surface area (Å²) in [5.74, 6) is 0.558. The maximum Gasteiger partial charge on any atom is 0.193 e. The minimum absolute atomic E-state index is 0.469. The van der Waals surface area contributed by atoms with Crippen molar-refractivity contribution in [3.8, 4) is 0 Å². The molecule has 8 heteroatoms. The van der Waals surface area contributed by atoms with Crippen molar-refractivity contribution < 1.29 is 13.3 Å². The Morgan fingerprint density at radius 1 is 1.22 bits per heavy atom. The van der Waals surface area contributed by atoms with Crippen LogP contribution < -0.4 is 5.32 Å². The maximum absolute atomic E-state index is 13.7. The van der Waals surface area contributed by atoms with E-state index in [2.05, 4.69) is 25.3 Å². The number of benzene rings is 1. The number of rotatable bonds is 5. The summed E-state index contributed by atoms with van der Waals surface area (Å²) < 4.78 is 31.8. The molecule has 0 spiro atoms. The SMILES string of the molecule is CN=C(NCCc1ccc(F)cc1F)N1CCN(Cc2cc(C)on2)CC1. The van der Waals surface area contributed by atoms with E-state index in [1.54, 1.807) is 7.05 Å². The molecule has 3 rings (SSSR count). The van der Waals surface area contributed by atoms with Gasteiger partial charge in [-0.25, -0.2) is 8.78 Å². The monoisotopic (exact) mass is 377 g/mol. The van der Waals surface area contributed by atoms with E-state index in [9.17, 15) is 8.78 Å². The van der Waals surface area contributed by atoms with Crippen LogP contribution in [0.25, 0.3) is 0 Å². The molecule has 1 aliphatic heterocycles. The van der Waals surface area contributed by atoms with Crippen LogP contribution in [0, 0.1) is 18.6 Å². The van der Waals surface area contributed by atoms with Crippen molar-refractivity contribution in [2.45, 2.75) is 19.9 Å². The van der Waals surface area contributed by atoms with Crippen LogP contribution in [0.5, 0.6) is 0 Å². The molecule has 0 amide bonds. The maximum atomic E-state index is 13.7. The van der Waals surface area contributed by atoms with E-state index in [0.717, 1.165) is 56.2 Å². The first-order valence-electron chi connectivity index (χ1n) is 9.09. The average Bonchev–Trinajstić information content (AvgIpc) is 3.06. The van der Waals surface area contributed by atoms with Gasteiger partial charge in [0.15, 0.2) is 5.96 Å². The minimum Gasteiger partial charge on any atom is -0.361 e. The van der Waals surface area contributed by atoms with Crippen LogP contribution in [-0.2, 0) is 13.0 Å². The van der Waals surface area contributed by atoms with Crippen LogP contribution in [0.2, 0.25) is 0 Å². The fraction of sp³-hybridized carbons (Fsp3) is 0.474. The number of hydrogen-bond donors (Lipinski definition) is 1. The van der Waals surface area contributed by atoms with Crippen molar-refractivity contribution in [1.29, 1.82) is 0 Å². The molecule has 0 atom stereocenters. The first kappa shape index (κ1) is 19.3. The minimum atomic E-state index is -0.557. The second-order valence-electron chi connectivity index (χ2n) is 6.65. The van der Waals surface area contributed by atoms with E-state index >= 15 is 0 Å². The van der Waals surface area contributed by atoms with Crippen LogP contribution in [0.3, 0.4) is 0 Å². The number of aryl methyl sites for hydroxylation is 1. The second-order valence-corrected chi connectivity index (χ2v) is 6.65. The number of aliphatic imine (C=N–C) groups is 1. The fourth-order valence-electron chi connectivity index (χ4n) is 3.21. The van der Waals surface area contributed by atoms with Crippen molar-refractivity contribution in [3.63, 3.8) is 0 Å². The lowest BCUT2D eigenvalue weighted by Crippen LogP contribution is -2.52. The summed E-state index contributed by atoms with van der Waals surface area (Å²) in [5, 5.41) is 7.31. The molecule has 1 N–H and O–H groups in total. The van der Waals surface area contributed by atoms with E-state index in [-0.39, 0.29) is 0 Å². The largest absolute Gasteiger partial charge is 0.361 e. The van der Waals surface area contributed by atoms with E-state index in [4.69, 9.17) is 4.52 Å². The zero-order valence-corrected chi connectivity index (χ0v) is 15.7. The summed E-state index contributed by atoms with van der Waals surface area (Å²) in [6, 6.07) is 5.64. The molecule has 2 heterocycles. The van der Waals surface area contributed by atoms with Crippen LogP contribution in [-0.4, -0.2) is 60.7 Å². The van der Waals surface area contributed by atoms with Gasteiger partial charge in [-0.3, -0.25) is 9.89 Å². The molecule has 1 fully saturated rings. The molecule has 6 nitrogen and oxygen atoms in total. The lowest BCUT2D eigenvalue weighted by atomic mass is 10.1. The highest BCUT2D eigenvalue weighted by atomic mass is 19.1. The van der Waals surface area contributed by atoms with Gasteiger partial charge in [0.25, 0.3) is 0 Å². The molecule has 0 aliphatic carbocycles. The molecule has 146 valence electrons. The Hall–Kier alpha value is -2.48. The number of hydrogen-bond acceptors (Lipinski definition) is 4. The van der Waals surface area contributed by atoms with Gasteiger partial charge in [0.05, 0.1) is 5.69 Å². The molecule has 1 aromatic carbocycles. The molecule has 0 saturated carbocycles. The number of piperazine rings is 1. The zero-order chi connectivity index (χ0) is 19.2. The average molecular weight is 377 g/mol. The normalized spacial score (nSPS) is 16.0. The zero-order valence-electron chi connectivity index (χ0n) is 15.7. The topological polar surface area (TPSA) is 56.9 Å². The smallest absolute Gasteiger partial charge is 0.193 e. The highest BCUT2D eigenvalue weighted by Crippen LogP contribution is 2.11. The summed E-state index contributed by atoms with van der Waals surface area (Å²) in [4.78, 5) is 8.84. The van der Waals surface area contributed by atoms with Crippen molar-refractivity contribution in [2.24, 2.45) is 4.99 Å². The quantitative estimate of drug-likeness (QED) is 0.640. The highest BCUT2D eigenvalue weighted by molar-refractivity contribution is 5.80. The Balaban J connectivity index is 1.44. The van der Waals surface area contributed by atoms with Gasteiger partial charge in [-0.2, -0.15) is 0 Å². The Morgan fingerprint density at radius 2 is 2.00 bits per heavy atom. The number of guanidine groups is 1. The standard InChI is InChI=1S/C19H25F2N5O/c1-14-11-17(24-27-14)13-25-7-9-26(10-8-25)19(22-2)23-6-5-15-3-4-16(20)12-18(15)21/h3-4,11-12H,5-10,13H2,1-2H3,(H,22,23). The molecule has 2 aromatic rings. The number of nitrogens with zero attached hydrogens (tertiary/aromatic N) is 4. The van der Waals surface area contributed by atoms with E-state index < -0.39 is 11.6 Å². The predicted molar refractivity (Wildman–Crippen MR) is 99.5 cm³/mol. The summed E-state index contributed by atoms with van der Waals surface area (Å²) in [6.45, 7) is 6.71. The van der Waals surface area contributed by atoms with Gasteiger partial charge in [0.1, 0.15) is 17.4 Å². The van der Waals surface area contributed by atoms with Gasteiger partial charge >= 0.3 is 0 Å². The van der Waals surface area contributed by atoms with Crippen molar-refractivity contribution in [3.05, 3.63) is 52.9 Å². The molecular formula is C19H25F2N5O. The van der Waals surface area contributed by atoms with Gasteiger partial charge in [-0.1, -0.05) is 11.2 Å². The molecule has 1 aliphatic rings. The van der Waals surface area contributed by atoms with E-state index in [1.807, 2.05) is 13.0 Å². The third-order valence-electron chi connectivity index (χ3n) is 4.64. The Labute approximate surface area is 157 Å². The van der Waals surface area contributed by atoms with Crippen LogP contribution in [0.4, 0.5) is 8.78 Å². The first-order chi connectivity index (χ1) is 13.0. The van der Waals surface area contributed by atoms with Gasteiger partial charge < -0.3 is 14.7 Å². The van der Waals surface area contributed by atoms with Gasteiger partial charge in [-0.05, 0) is 25.0 Å². The Bertz CT molecular complexity index is 784. The van der Waals surface area contributed by atoms with Gasteiger partial charge in [-0.15, -0.1) is 0 Å². The second kappa shape index (κ2) is 8.94. The predicted octanol–water partition coefficient (Wildman–Crippen LogP) is 2.20. The lowest BCUT2D eigenvalue weighted by molar-refractivity contribution is 0.169. The van der Waals surface area contributed by atoms with Crippen LogP contribution >= 0.6 is 0 Å². The van der Waals surface area contributed by atoms with Crippen molar-refractivity contribution in [1.82, 2.24) is 20.3 Å². The number of halogens is 2. The van der Waals surface area contributed by atoms with Crippen LogP contribution in [0.1, 0.15) is 17.0 Å². The van der Waals surface area contributed by atoms with Crippen molar-refractivity contribution in [2.75, 3.05) is 39.8 Å². The molecule has 0 radical (unpaired) electrons. The van der Waals surface area contributed by atoms with Crippen LogP contribution in [0.15, 0.2) is 33.8 Å². The Morgan fingerprint density at radius 3 is 2.63 bits per heavy atom. The summed E-state index contributed by atoms with van der Waals surface area (Å²) in [7, 11) is 1.74. The summed E-state index contributed by atoms with van der Waals surface area (Å²) in [6.07, 6.45) is 0.469. The van der Waals surface area contributed by atoms with Gasteiger partial charge in [0.2, 0.25) is 0 Å². The molecular weight excluding hydrogens is 352 g/mol. The summed E-state index contributed by atoms with van der Waals surface area (Å²) >= 11 is 0. The third kappa shape index (κ3) is 5.26. The molecule has 1 aromatic heterocycles. The molecule has 27 heavy (non-hydrogen) atoms. The Kier molecular flexibility index (Phi) is 6.39. The number of nitrogens with one attached hydrogen (secondary N) is 1. The third-order valence-corrected chi connectivity index (χ3v) is 4.64. The fourth-order valence-corrected chi connectivity index (χ4v) is 3.21. The molecule has 0 unspecified atom stereocenters. The molecule has 1 saturated heterocycles. The van der Waals surface area contributed by atoms with E-state index in [0.29, 0.717) is 18.5 Å². The number of aromatic nitrogens is 1. The molecule has 0 bridgehead atoms. The van der Waals surface area contributed by atoms with Crippen molar-refractivity contribution >= 4 is 5.96 Å². The lowest BCUT2D eigenvalue weighted by Gasteiger charge is -2.36.